The van der Waals surface area contributed by atoms with Crippen LogP contribution >= 0.6 is 0 Å². The second-order valence-electron chi connectivity index (χ2n) is 6.10. The summed E-state index contributed by atoms with van der Waals surface area (Å²) in [5.41, 5.74) is 0. The van der Waals surface area contributed by atoms with Gasteiger partial charge in [0, 0.05) is 13.2 Å². The molecule has 1 fully saturated rings. The molecular weight excluding hydrogens is 310 g/mol. The van der Waals surface area contributed by atoms with Crippen molar-refractivity contribution in [2.75, 3.05) is 16.8 Å². The third-order valence-electron chi connectivity index (χ3n) is 4.04. The van der Waals surface area contributed by atoms with Crippen LogP contribution in [0.15, 0.2) is 18.6 Å². The molecule has 1 aliphatic rings. The third-order valence-corrected chi connectivity index (χ3v) is 4.04. The van der Waals surface area contributed by atoms with Crippen molar-refractivity contribution in [1.82, 2.24) is 24.7 Å². The van der Waals surface area contributed by atoms with Crippen LogP contribution in [-0.2, 0) is 11.8 Å². The predicted molar refractivity (Wildman–Crippen MR) is 87.5 cm³/mol. The van der Waals surface area contributed by atoms with Crippen LogP contribution in [0.2, 0.25) is 0 Å². The molecule has 1 saturated heterocycles. The highest BCUT2D eigenvalue weighted by atomic mass is 16.6. The molecule has 0 bridgehead atoms. The fourth-order valence-electron chi connectivity index (χ4n) is 2.70. The molecule has 24 heavy (non-hydrogen) atoms. The highest BCUT2D eigenvalue weighted by Gasteiger charge is 2.37. The third kappa shape index (κ3) is 3.01. The molecule has 0 aliphatic carbocycles. The van der Waals surface area contributed by atoms with E-state index in [0.29, 0.717) is 18.4 Å². The van der Waals surface area contributed by atoms with Gasteiger partial charge >= 0.3 is 6.09 Å². The minimum atomic E-state index is -0.375. The standard InChI is InChI=1S/C15H21N7O2/c1-9(2)11-7-24-15(23)22(11)12-5-6-16-14(20-12)19-10(3)13-17-8-18-21(13)4/h5-6,8-11H,7H2,1-4H3,(H,16,19,20)/t10-,11-/m1/s1. The Labute approximate surface area is 140 Å². The Kier molecular flexibility index (Phi) is 4.32. The van der Waals surface area contributed by atoms with Crippen LogP contribution in [0.3, 0.4) is 0 Å². The Bertz CT molecular complexity index is 730. The number of aryl methyl sites for hydroxylation is 1. The Morgan fingerprint density at radius 1 is 1.33 bits per heavy atom. The van der Waals surface area contributed by atoms with E-state index in [2.05, 4.69) is 39.2 Å². The molecule has 1 aliphatic heterocycles. The summed E-state index contributed by atoms with van der Waals surface area (Å²) in [6.45, 7) is 6.42. The van der Waals surface area contributed by atoms with Crippen LogP contribution in [0.25, 0.3) is 0 Å². The average molecular weight is 331 g/mol. The van der Waals surface area contributed by atoms with Gasteiger partial charge < -0.3 is 10.1 Å². The van der Waals surface area contributed by atoms with Gasteiger partial charge in [0.15, 0.2) is 0 Å². The van der Waals surface area contributed by atoms with Gasteiger partial charge in [-0.25, -0.2) is 14.8 Å². The second kappa shape index (κ2) is 6.42. The van der Waals surface area contributed by atoms with E-state index in [0.717, 1.165) is 5.82 Å². The first-order chi connectivity index (χ1) is 11.5. The van der Waals surface area contributed by atoms with Gasteiger partial charge in [0.2, 0.25) is 5.95 Å². The topological polar surface area (TPSA) is 98.1 Å². The molecule has 9 heteroatoms. The first-order valence-corrected chi connectivity index (χ1v) is 7.87. The first-order valence-electron chi connectivity index (χ1n) is 7.87. The predicted octanol–water partition coefficient (Wildman–Crippen LogP) is 1.76. The Hall–Kier alpha value is -2.71. The average Bonchev–Trinajstić information content (AvgIpc) is 3.13. The monoisotopic (exact) mass is 331 g/mol. The van der Waals surface area contributed by atoms with Crippen LogP contribution < -0.4 is 10.2 Å². The van der Waals surface area contributed by atoms with Gasteiger partial charge in [0.05, 0.1) is 12.1 Å². The summed E-state index contributed by atoms with van der Waals surface area (Å²) in [4.78, 5) is 26.5. The van der Waals surface area contributed by atoms with E-state index in [-0.39, 0.29) is 24.1 Å². The van der Waals surface area contributed by atoms with E-state index >= 15 is 0 Å². The zero-order valence-corrected chi connectivity index (χ0v) is 14.2. The molecule has 2 atom stereocenters. The van der Waals surface area contributed by atoms with Gasteiger partial charge in [-0.3, -0.25) is 9.58 Å². The van der Waals surface area contributed by atoms with Crippen molar-refractivity contribution in [2.45, 2.75) is 32.9 Å². The second-order valence-corrected chi connectivity index (χ2v) is 6.10. The number of cyclic esters (lactones) is 1. The van der Waals surface area contributed by atoms with Crippen molar-refractivity contribution in [3.8, 4) is 0 Å². The molecule has 0 saturated carbocycles. The molecule has 1 amide bonds. The first kappa shape index (κ1) is 16.2. The van der Waals surface area contributed by atoms with Crippen LogP contribution in [0.4, 0.5) is 16.6 Å². The SMILES string of the molecule is CC(C)[C@H]1COC(=O)N1c1ccnc(N[C@H](C)c2ncnn2C)n1. The van der Waals surface area contributed by atoms with Gasteiger partial charge in [-0.1, -0.05) is 13.8 Å². The molecule has 3 rings (SSSR count). The summed E-state index contributed by atoms with van der Waals surface area (Å²) in [7, 11) is 1.82. The fraction of sp³-hybridized carbons (Fsp3) is 0.533. The highest BCUT2D eigenvalue weighted by molar-refractivity contribution is 5.89. The number of aromatic nitrogens is 5. The van der Waals surface area contributed by atoms with Crippen molar-refractivity contribution < 1.29 is 9.53 Å². The van der Waals surface area contributed by atoms with Crippen molar-refractivity contribution in [3.63, 3.8) is 0 Å². The number of rotatable bonds is 5. The van der Waals surface area contributed by atoms with E-state index in [1.165, 1.54) is 6.33 Å². The molecule has 0 radical (unpaired) electrons. The van der Waals surface area contributed by atoms with Gasteiger partial charge in [0.1, 0.15) is 24.6 Å². The van der Waals surface area contributed by atoms with Crippen molar-refractivity contribution in [3.05, 3.63) is 24.4 Å². The zero-order valence-electron chi connectivity index (χ0n) is 14.2. The van der Waals surface area contributed by atoms with Gasteiger partial charge in [-0.2, -0.15) is 10.1 Å². The van der Waals surface area contributed by atoms with E-state index in [1.807, 2.05) is 14.0 Å². The Balaban J connectivity index is 1.81. The quantitative estimate of drug-likeness (QED) is 0.891. The number of amides is 1. The lowest BCUT2D eigenvalue weighted by Crippen LogP contribution is -2.37. The lowest BCUT2D eigenvalue weighted by molar-refractivity contribution is 0.177. The van der Waals surface area contributed by atoms with Crippen molar-refractivity contribution in [1.29, 1.82) is 0 Å². The summed E-state index contributed by atoms with van der Waals surface area (Å²) in [6.07, 6.45) is 2.75. The molecule has 0 aromatic carbocycles. The minimum Gasteiger partial charge on any atom is -0.447 e. The minimum absolute atomic E-state index is 0.0311. The number of ether oxygens (including phenoxy) is 1. The number of carbonyl (C=O) groups excluding carboxylic acids is 1. The molecule has 128 valence electrons. The Morgan fingerprint density at radius 3 is 2.79 bits per heavy atom. The van der Waals surface area contributed by atoms with E-state index in [9.17, 15) is 4.79 Å². The maximum Gasteiger partial charge on any atom is 0.415 e. The summed E-state index contributed by atoms with van der Waals surface area (Å²) in [6, 6.07) is 1.55. The molecule has 2 aromatic rings. The summed E-state index contributed by atoms with van der Waals surface area (Å²) in [5.74, 6) is 1.98. The normalized spacial score (nSPS) is 18.8. The molecule has 2 aromatic heterocycles. The van der Waals surface area contributed by atoms with Crippen LogP contribution in [0, 0.1) is 5.92 Å². The number of anilines is 2. The van der Waals surface area contributed by atoms with Gasteiger partial charge in [0.25, 0.3) is 0 Å². The molecule has 1 N–H and O–H groups in total. The van der Waals surface area contributed by atoms with Crippen LogP contribution in [0.1, 0.15) is 32.6 Å². The van der Waals surface area contributed by atoms with Crippen LogP contribution in [0.5, 0.6) is 0 Å². The Morgan fingerprint density at radius 2 is 2.12 bits per heavy atom. The number of carbonyl (C=O) groups is 1. The summed E-state index contributed by atoms with van der Waals surface area (Å²) in [5, 5.41) is 7.24. The fourth-order valence-corrected chi connectivity index (χ4v) is 2.70. The highest BCUT2D eigenvalue weighted by Crippen LogP contribution is 2.26. The maximum absolute atomic E-state index is 12.1. The van der Waals surface area contributed by atoms with Crippen molar-refractivity contribution in [2.24, 2.45) is 13.0 Å². The molecule has 9 nitrogen and oxygen atoms in total. The number of nitrogens with one attached hydrogen (secondary N) is 1. The number of hydrogen-bond donors (Lipinski definition) is 1. The molecule has 0 spiro atoms. The van der Waals surface area contributed by atoms with E-state index in [4.69, 9.17) is 4.74 Å². The van der Waals surface area contributed by atoms with Gasteiger partial charge in [-0.05, 0) is 18.9 Å². The smallest absolute Gasteiger partial charge is 0.415 e. The van der Waals surface area contributed by atoms with Gasteiger partial charge in [-0.15, -0.1) is 0 Å². The zero-order chi connectivity index (χ0) is 17.3. The summed E-state index contributed by atoms with van der Waals surface area (Å²) >= 11 is 0. The van der Waals surface area contributed by atoms with Crippen molar-refractivity contribution >= 4 is 17.9 Å². The van der Waals surface area contributed by atoms with E-state index in [1.54, 1.807) is 21.8 Å². The molecular formula is C15H21N7O2. The maximum atomic E-state index is 12.1. The molecule has 0 unspecified atom stereocenters. The molecule has 3 heterocycles. The van der Waals surface area contributed by atoms with Crippen LogP contribution in [-0.4, -0.2) is 43.5 Å². The number of nitrogens with zero attached hydrogens (tertiary/aromatic N) is 6. The largest absolute Gasteiger partial charge is 0.447 e. The lowest BCUT2D eigenvalue weighted by Gasteiger charge is -2.23. The lowest BCUT2D eigenvalue weighted by atomic mass is 10.0. The van der Waals surface area contributed by atoms with E-state index < -0.39 is 0 Å². The number of hydrogen-bond acceptors (Lipinski definition) is 7. The summed E-state index contributed by atoms with van der Waals surface area (Å²) < 4.78 is 6.86.